The monoisotopic (exact) mass is 398 g/mol. The molecule has 0 saturated carbocycles. The Morgan fingerprint density at radius 2 is 1.86 bits per heavy atom. The van der Waals surface area contributed by atoms with Crippen LogP contribution in [0.15, 0.2) is 36.5 Å². The molecule has 158 valence electrons. The van der Waals surface area contributed by atoms with Crippen LogP contribution in [0.1, 0.15) is 72.1 Å². The fraction of sp³-hybridized carbons (Fsp3) is 0.542. The first kappa shape index (κ1) is 22.9. The predicted molar refractivity (Wildman–Crippen MR) is 116 cm³/mol. The van der Waals surface area contributed by atoms with Crippen molar-refractivity contribution >= 4 is 5.97 Å². The van der Waals surface area contributed by atoms with E-state index in [2.05, 4.69) is 30.7 Å². The van der Waals surface area contributed by atoms with Crippen LogP contribution < -0.4 is 9.47 Å². The fourth-order valence-electron chi connectivity index (χ4n) is 2.97. The number of carbonyl (C=O) groups is 1. The summed E-state index contributed by atoms with van der Waals surface area (Å²) in [5.41, 5.74) is 1.56. The number of rotatable bonds is 13. The smallest absolute Gasteiger partial charge is 0.325 e. The van der Waals surface area contributed by atoms with Gasteiger partial charge in [-0.2, -0.15) is 9.97 Å². The van der Waals surface area contributed by atoms with Crippen LogP contribution in [0.25, 0.3) is 11.3 Å². The van der Waals surface area contributed by atoms with E-state index in [4.69, 9.17) is 9.47 Å². The number of unbranched alkanes of at least 4 members (excludes halogenated alkanes) is 3. The minimum Gasteiger partial charge on any atom is -0.490 e. The van der Waals surface area contributed by atoms with Crippen LogP contribution in [0.4, 0.5) is 0 Å². The van der Waals surface area contributed by atoms with Gasteiger partial charge in [-0.1, -0.05) is 83.2 Å². The van der Waals surface area contributed by atoms with Crippen molar-refractivity contribution in [1.82, 2.24) is 9.97 Å². The lowest BCUT2D eigenvalue weighted by Gasteiger charge is -2.12. The van der Waals surface area contributed by atoms with Crippen LogP contribution >= 0.6 is 0 Å². The minimum atomic E-state index is -0.287. The molecule has 1 heterocycles. The Morgan fingerprint density at radius 1 is 1.07 bits per heavy atom. The third-order valence-corrected chi connectivity index (χ3v) is 5.02. The number of ether oxygens (including phenoxy) is 2. The lowest BCUT2D eigenvalue weighted by molar-refractivity contribution is -0.135. The van der Waals surface area contributed by atoms with Gasteiger partial charge in [0.2, 0.25) is 0 Å². The quantitative estimate of drug-likeness (QED) is 0.296. The molecule has 0 aliphatic rings. The van der Waals surface area contributed by atoms with Crippen molar-refractivity contribution < 1.29 is 14.3 Å². The van der Waals surface area contributed by atoms with Gasteiger partial charge in [0.15, 0.2) is 5.75 Å². The Morgan fingerprint density at radius 3 is 2.59 bits per heavy atom. The summed E-state index contributed by atoms with van der Waals surface area (Å²) in [5, 5.41) is 0. The van der Waals surface area contributed by atoms with Gasteiger partial charge in [0.05, 0.1) is 12.8 Å². The molecule has 5 nitrogen and oxygen atoms in total. The number of esters is 1. The van der Waals surface area contributed by atoms with Crippen molar-refractivity contribution in [3.8, 4) is 23.0 Å². The Bertz CT molecular complexity index is 734. The van der Waals surface area contributed by atoms with E-state index < -0.39 is 0 Å². The van der Waals surface area contributed by atoms with Gasteiger partial charge in [-0.25, -0.2) is 0 Å². The van der Waals surface area contributed by atoms with Crippen LogP contribution in [-0.2, 0) is 4.79 Å². The maximum Gasteiger partial charge on any atom is 0.325 e. The summed E-state index contributed by atoms with van der Waals surface area (Å²) < 4.78 is 11.3. The van der Waals surface area contributed by atoms with Gasteiger partial charge in [-0.05, 0) is 18.8 Å². The number of carbonyl (C=O) groups excluding carboxylic acids is 1. The Balaban J connectivity index is 2.00. The molecular weight excluding hydrogens is 364 g/mol. The van der Waals surface area contributed by atoms with E-state index in [1.165, 1.54) is 6.42 Å². The van der Waals surface area contributed by atoms with Gasteiger partial charge in [-0.15, -0.1) is 0 Å². The van der Waals surface area contributed by atoms with Gasteiger partial charge in [0, 0.05) is 12.0 Å². The number of aromatic nitrogens is 2. The van der Waals surface area contributed by atoms with E-state index in [9.17, 15) is 4.79 Å². The zero-order chi connectivity index (χ0) is 20.9. The molecule has 0 spiro atoms. The highest BCUT2D eigenvalue weighted by Crippen LogP contribution is 2.29. The summed E-state index contributed by atoms with van der Waals surface area (Å²) in [7, 11) is 0. The third-order valence-electron chi connectivity index (χ3n) is 5.02. The lowest BCUT2D eigenvalue weighted by Crippen LogP contribution is -2.11. The molecule has 0 radical (unpaired) electrons. The standard InChI is InChI=1S/C24H34N2O3/c1-4-6-12-17-28-21-18-25-24(26-23(21)20-14-8-7-9-15-20)29-22(27)16-11-10-13-19(3)5-2/h7-9,14-15,18-19H,4-6,10-13,16-17H2,1-3H3. The number of hydrogen-bond donors (Lipinski definition) is 0. The van der Waals surface area contributed by atoms with Gasteiger partial charge in [0.1, 0.15) is 5.69 Å². The summed E-state index contributed by atoms with van der Waals surface area (Å²) >= 11 is 0. The van der Waals surface area contributed by atoms with Crippen LogP contribution in [-0.4, -0.2) is 22.5 Å². The van der Waals surface area contributed by atoms with Crippen molar-refractivity contribution in [2.24, 2.45) is 5.92 Å². The van der Waals surface area contributed by atoms with E-state index in [-0.39, 0.29) is 12.0 Å². The molecule has 2 aromatic rings. The molecule has 0 fully saturated rings. The summed E-state index contributed by atoms with van der Waals surface area (Å²) in [4.78, 5) is 20.8. The fourth-order valence-corrected chi connectivity index (χ4v) is 2.97. The third kappa shape index (κ3) is 8.22. The molecule has 1 unspecified atom stereocenters. The van der Waals surface area contributed by atoms with Crippen molar-refractivity contribution in [1.29, 1.82) is 0 Å². The molecule has 0 aliphatic heterocycles. The maximum absolute atomic E-state index is 12.2. The summed E-state index contributed by atoms with van der Waals surface area (Å²) in [6.45, 7) is 7.21. The van der Waals surface area contributed by atoms with Crippen molar-refractivity contribution in [3.05, 3.63) is 36.5 Å². The molecule has 0 saturated heterocycles. The normalized spacial score (nSPS) is 11.8. The van der Waals surface area contributed by atoms with E-state index in [0.717, 1.165) is 44.1 Å². The summed E-state index contributed by atoms with van der Waals surface area (Å²) in [5.74, 6) is 1.03. The van der Waals surface area contributed by atoms with E-state index >= 15 is 0 Å². The molecule has 1 aromatic carbocycles. The van der Waals surface area contributed by atoms with E-state index in [1.807, 2.05) is 30.3 Å². The Labute approximate surface area is 174 Å². The Hall–Kier alpha value is -2.43. The van der Waals surface area contributed by atoms with Crippen molar-refractivity contribution in [2.45, 2.75) is 72.1 Å². The molecule has 0 amide bonds. The van der Waals surface area contributed by atoms with Crippen LogP contribution in [0.5, 0.6) is 11.8 Å². The highest BCUT2D eigenvalue weighted by molar-refractivity contribution is 5.72. The first-order valence-electron chi connectivity index (χ1n) is 10.9. The topological polar surface area (TPSA) is 61.3 Å². The molecule has 29 heavy (non-hydrogen) atoms. The van der Waals surface area contributed by atoms with Gasteiger partial charge >= 0.3 is 12.0 Å². The summed E-state index contributed by atoms with van der Waals surface area (Å²) in [6.07, 6.45) is 9.40. The number of nitrogens with zero attached hydrogens (tertiary/aromatic N) is 2. The number of hydrogen-bond acceptors (Lipinski definition) is 5. The van der Waals surface area contributed by atoms with Crippen LogP contribution in [0.3, 0.4) is 0 Å². The van der Waals surface area contributed by atoms with Gasteiger partial charge < -0.3 is 9.47 Å². The SMILES string of the molecule is CCCCCOc1cnc(OC(=O)CCCCC(C)CC)nc1-c1ccccc1. The zero-order valence-corrected chi connectivity index (χ0v) is 18.0. The van der Waals surface area contributed by atoms with Gasteiger partial charge in [-0.3, -0.25) is 4.79 Å². The lowest BCUT2D eigenvalue weighted by atomic mass is 10.0. The minimum absolute atomic E-state index is 0.0803. The van der Waals surface area contributed by atoms with Gasteiger partial charge in [0.25, 0.3) is 0 Å². The zero-order valence-electron chi connectivity index (χ0n) is 18.0. The average molecular weight is 399 g/mol. The molecule has 5 heteroatoms. The second-order valence-electron chi connectivity index (χ2n) is 7.52. The summed E-state index contributed by atoms with van der Waals surface area (Å²) in [6, 6.07) is 9.84. The molecule has 2 rings (SSSR count). The first-order valence-corrected chi connectivity index (χ1v) is 10.9. The maximum atomic E-state index is 12.2. The second-order valence-corrected chi connectivity index (χ2v) is 7.52. The molecule has 0 bridgehead atoms. The molecule has 0 N–H and O–H groups in total. The van der Waals surface area contributed by atoms with Crippen LogP contribution in [0, 0.1) is 5.92 Å². The molecule has 1 atom stereocenters. The molecular formula is C24H34N2O3. The highest BCUT2D eigenvalue weighted by atomic mass is 16.5. The van der Waals surface area contributed by atoms with Crippen molar-refractivity contribution in [2.75, 3.05) is 6.61 Å². The number of benzene rings is 1. The first-order chi connectivity index (χ1) is 14.1. The predicted octanol–water partition coefficient (Wildman–Crippen LogP) is 6.22. The molecule has 0 aliphatic carbocycles. The van der Waals surface area contributed by atoms with E-state index in [1.54, 1.807) is 6.20 Å². The second kappa shape index (κ2) is 12.9. The average Bonchev–Trinajstić information content (AvgIpc) is 2.75. The highest BCUT2D eigenvalue weighted by Gasteiger charge is 2.14. The Kier molecular flexibility index (Phi) is 10.2. The van der Waals surface area contributed by atoms with E-state index in [0.29, 0.717) is 30.4 Å². The largest absolute Gasteiger partial charge is 0.490 e. The van der Waals surface area contributed by atoms with Crippen LogP contribution in [0.2, 0.25) is 0 Å². The van der Waals surface area contributed by atoms with Crippen molar-refractivity contribution in [3.63, 3.8) is 0 Å². The molecule has 1 aromatic heterocycles.